The van der Waals surface area contributed by atoms with E-state index in [1.807, 2.05) is 0 Å². The van der Waals surface area contributed by atoms with E-state index in [1.165, 1.54) is 4.90 Å². The highest BCUT2D eigenvalue weighted by atomic mass is 32.2. The lowest BCUT2D eigenvalue weighted by molar-refractivity contribution is -0.110. The van der Waals surface area contributed by atoms with Crippen LogP contribution in [0.25, 0.3) is 0 Å². The molecular formula is C11H21N3O5S. The number of hydrogen-bond acceptors (Lipinski definition) is 5. The van der Waals surface area contributed by atoms with Crippen LogP contribution < -0.4 is 10.0 Å². The SMILES string of the molecule is CC(C)(C)OC(=O)N1C[C@H](NS(C)(=O)=O)C[C@H]1NC=O. The molecule has 0 radical (unpaired) electrons. The number of likely N-dealkylation sites (tertiary alicyclic amines) is 1. The van der Waals surface area contributed by atoms with Gasteiger partial charge in [-0.3, -0.25) is 9.69 Å². The molecule has 1 aliphatic rings. The Balaban J connectivity index is 2.77. The van der Waals surface area contributed by atoms with Crippen LogP contribution >= 0.6 is 0 Å². The van der Waals surface area contributed by atoms with E-state index in [1.54, 1.807) is 20.8 Å². The molecule has 8 nitrogen and oxygen atoms in total. The highest BCUT2D eigenvalue weighted by Gasteiger charge is 2.38. The minimum Gasteiger partial charge on any atom is -0.444 e. The molecule has 0 aromatic rings. The zero-order valence-electron chi connectivity index (χ0n) is 12.0. The molecule has 20 heavy (non-hydrogen) atoms. The molecule has 1 heterocycles. The molecular weight excluding hydrogens is 286 g/mol. The number of nitrogens with zero attached hydrogens (tertiary/aromatic N) is 1. The molecule has 9 heteroatoms. The fourth-order valence-electron chi connectivity index (χ4n) is 1.98. The van der Waals surface area contributed by atoms with Crippen LogP contribution in [-0.2, 0) is 19.6 Å². The Kier molecular flexibility index (Phi) is 4.98. The quantitative estimate of drug-likeness (QED) is 0.689. The monoisotopic (exact) mass is 307 g/mol. The number of carbonyl (C=O) groups is 2. The fourth-order valence-corrected chi connectivity index (χ4v) is 2.76. The molecule has 0 aromatic carbocycles. The van der Waals surface area contributed by atoms with Crippen LogP contribution in [0.1, 0.15) is 27.2 Å². The highest BCUT2D eigenvalue weighted by Crippen LogP contribution is 2.20. The Hall–Kier alpha value is -1.35. The number of hydrogen-bond donors (Lipinski definition) is 2. The number of ether oxygens (including phenoxy) is 1. The Labute approximate surface area is 118 Å². The minimum absolute atomic E-state index is 0.146. The molecule has 2 atom stereocenters. The zero-order valence-corrected chi connectivity index (χ0v) is 12.9. The van der Waals surface area contributed by atoms with E-state index in [0.717, 1.165) is 6.26 Å². The van der Waals surface area contributed by atoms with Gasteiger partial charge in [0.2, 0.25) is 16.4 Å². The van der Waals surface area contributed by atoms with Crippen LogP contribution in [0, 0.1) is 0 Å². The normalized spacial score (nSPS) is 23.5. The first-order chi connectivity index (χ1) is 9.02. The molecule has 1 fully saturated rings. The number of nitrogens with one attached hydrogen (secondary N) is 2. The average molecular weight is 307 g/mol. The molecule has 0 aliphatic carbocycles. The summed E-state index contributed by atoms with van der Waals surface area (Å²) in [7, 11) is -3.38. The molecule has 0 saturated carbocycles. The van der Waals surface area contributed by atoms with Crippen LogP contribution in [0.5, 0.6) is 0 Å². The molecule has 0 spiro atoms. The summed E-state index contributed by atoms with van der Waals surface area (Å²) in [5.41, 5.74) is -0.662. The maximum Gasteiger partial charge on any atom is 0.411 e. The molecule has 0 unspecified atom stereocenters. The van der Waals surface area contributed by atoms with Gasteiger partial charge in [0.15, 0.2) is 0 Å². The van der Waals surface area contributed by atoms with Crippen molar-refractivity contribution in [2.45, 2.75) is 45.0 Å². The Morgan fingerprint density at radius 2 is 2.00 bits per heavy atom. The number of sulfonamides is 1. The first kappa shape index (κ1) is 16.7. The van der Waals surface area contributed by atoms with E-state index in [2.05, 4.69) is 10.0 Å². The van der Waals surface area contributed by atoms with Gasteiger partial charge in [0.05, 0.1) is 6.26 Å². The van der Waals surface area contributed by atoms with Crippen molar-refractivity contribution < 1.29 is 22.7 Å². The lowest BCUT2D eigenvalue weighted by Gasteiger charge is -2.28. The molecule has 116 valence electrons. The third kappa shape index (κ3) is 5.33. The van der Waals surface area contributed by atoms with Crippen LogP contribution in [-0.4, -0.2) is 56.4 Å². The van der Waals surface area contributed by atoms with Crippen LogP contribution in [0.15, 0.2) is 0 Å². The van der Waals surface area contributed by atoms with Gasteiger partial charge in [-0.15, -0.1) is 0 Å². The molecule has 1 rings (SSSR count). The Morgan fingerprint density at radius 3 is 2.45 bits per heavy atom. The van der Waals surface area contributed by atoms with E-state index in [4.69, 9.17) is 4.74 Å². The topological polar surface area (TPSA) is 105 Å². The summed E-state index contributed by atoms with van der Waals surface area (Å²) in [6.07, 6.45) is 0.651. The van der Waals surface area contributed by atoms with Gasteiger partial charge in [-0.25, -0.2) is 17.9 Å². The summed E-state index contributed by atoms with van der Waals surface area (Å²) in [6, 6.07) is -0.449. The average Bonchev–Trinajstić information content (AvgIpc) is 2.56. The number of rotatable bonds is 4. The predicted molar refractivity (Wildman–Crippen MR) is 72.3 cm³/mol. The lowest BCUT2D eigenvalue weighted by Crippen LogP contribution is -2.46. The lowest BCUT2D eigenvalue weighted by atomic mass is 10.2. The molecule has 1 saturated heterocycles. The molecule has 2 amide bonds. The number of carbonyl (C=O) groups excluding carboxylic acids is 2. The predicted octanol–water partition coefficient (Wildman–Crippen LogP) is -0.383. The van der Waals surface area contributed by atoms with Crippen molar-refractivity contribution in [1.82, 2.24) is 14.9 Å². The van der Waals surface area contributed by atoms with Gasteiger partial charge in [-0.1, -0.05) is 0 Å². The number of amides is 2. The van der Waals surface area contributed by atoms with E-state index >= 15 is 0 Å². The van der Waals surface area contributed by atoms with Gasteiger partial charge in [0.1, 0.15) is 11.8 Å². The van der Waals surface area contributed by atoms with Gasteiger partial charge >= 0.3 is 6.09 Å². The third-order valence-electron chi connectivity index (χ3n) is 2.57. The van der Waals surface area contributed by atoms with Crippen molar-refractivity contribution in [3.63, 3.8) is 0 Å². The second-order valence-corrected chi connectivity index (χ2v) is 7.54. The standard InChI is InChI=1S/C11H21N3O5S/c1-11(2,3)19-10(16)14-6-8(13-20(4,17)18)5-9(14)12-7-15/h7-9,13H,5-6H2,1-4H3,(H,12,15)/t8-,9+/m1/s1. The van der Waals surface area contributed by atoms with Crippen LogP contribution in [0.2, 0.25) is 0 Å². The molecule has 1 aliphatic heterocycles. The highest BCUT2D eigenvalue weighted by molar-refractivity contribution is 7.88. The van der Waals surface area contributed by atoms with Gasteiger partial charge in [0, 0.05) is 19.0 Å². The maximum absolute atomic E-state index is 12.0. The zero-order chi connectivity index (χ0) is 15.6. The van der Waals surface area contributed by atoms with Crippen molar-refractivity contribution in [2.24, 2.45) is 0 Å². The largest absolute Gasteiger partial charge is 0.444 e. The summed E-state index contributed by atoms with van der Waals surface area (Å²) in [4.78, 5) is 23.9. The second-order valence-electron chi connectivity index (χ2n) is 5.76. The molecule has 0 aromatic heterocycles. The van der Waals surface area contributed by atoms with Crippen molar-refractivity contribution in [3.8, 4) is 0 Å². The van der Waals surface area contributed by atoms with Crippen molar-refractivity contribution in [3.05, 3.63) is 0 Å². The smallest absolute Gasteiger partial charge is 0.411 e. The van der Waals surface area contributed by atoms with E-state index in [9.17, 15) is 18.0 Å². The van der Waals surface area contributed by atoms with Crippen LogP contribution in [0.4, 0.5) is 4.79 Å². The first-order valence-corrected chi connectivity index (χ1v) is 8.07. The minimum atomic E-state index is -3.38. The van der Waals surface area contributed by atoms with E-state index in [0.29, 0.717) is 12.8 Å². The van der Waals surface area contributed by atoms with E-state index in [-0.39, 0.29) is 6.54 Å². The van der Waals surface area contributed by atoms with Crippen molar-refractivity contribution in [1.29, 1.82) is 0 Å². The first-order valence-electron chi connectivity index (χ1n) is 6.18. The third-order valence-corrected chi connectivity index (χ3v) is 3.33. The Morgan fingerprint density at radius 1 is 1.40 bits per heavy atom. The Bertz CT molecular complexity index is 471. The van der Waals surface area contributed by atoms with Gasteiger partial charge in [0.25, 0.3) is 0 Å². The summed E-state index contributed by atoms with van der Waals surface area (Å²) in [5, 5.41) is 2.49. The van der Waals surface area contributed by atoms with Crippen molar-refractivity contribution in [2.75, 3.05) is 12.8 Å². The fraction of sp³-hybridized carbons (Fsp3) is 0.818. The summed E-state index contributed by atoms with van der Waals surface area (Å²) >= 11 is 0. The van der Waals surface area contributed by atoms with Gasteiger partial charge < -0.3 is 10.1 Å². The summed E-state index contributed by atoms with van der Waals surface area (Å²) < 4.78 is 30.1. The summed E-state index contributed by atoms with van der Waals surface area (Å²) in [6.45, 7) is 5.34. The van der Waals surface area contributed by atoms with Crippen LogP contribution in [0.3, 0.4) is 0 Å². The van der Waals surface area contributed by atoms with E-state index < -0.39 is 33.9 Å². The molecule has 2 N–H and O–H groups in total. The second kappa shape index (κ2) is 5.96. The van der Waals surface area contributed by atoms with Gasteiger partial charge in [-0.05, 0) is 20.8 Å². The maximum atomic E-state index is 12.0. The van der Waals surface area contributed by atoms with Crippen molar-refractivity contribution >= 4 is 22.5 Å². The summed E-state index contributed by atoms with van der Waals surface area (Å²) in [5.74, 6) is 0. The molecule has 0 bridgehead atoms. The van der Waals surface area contributed by atoms with Gasteiger partial charge in [-0.2, -0.15) is 0 Å².